The molecule has 1 atom stereocenters. The average molecular weight is 474 g/mol. The maximum Gasteiger partial charge on any atom is 0.115 e. The molecule has 2 aromatic rings. The SMILES string of the molecule is OC(c1cc(Br)ccc1I)c1sccc1Br. The van der Waals surface area contributed by atoms with Gasteiger partial charge in [-0.3, -0.25) is 0 Å². The molecule has 5 heteroatoms. The van der Waals surface area contributed by atoms with Gasteiger partial charge in [0.1, 0.15) is 6.10 Å². The van der Waals surface area contributed by atoms with Crippen LogP contribution in [-0.4, -0.2) is 5.11 Å². The molecule has 84 valence electrons. The Kier molecular flexibility index (Phi) is 4.45. The molecular formula is C11H7Br2IOS. The van der Waals surface area contributed by atoms with Crippen LogP contribution in [0, 0.1) is 3.57 Å². The summed E-state index contributed by atoms with van der Waals surface area (Å²) in [6, 6.07) is 7.87. The average Bonchev–Trinajstić information content (AvgIpc) is 2.67. The first-order valence-electron chi connectivity index (χ1n) is 4.45. The van der Waals surface area contributed by atoms with Crippen LogP contribution in [-0.2, 0) is 0 Å². The van der Waals surface area contributed by atoms with Gasteiger partial charge in [-0.1, -0.05) is 15.9 Å². The Morgan fingerprint density at radius 1 is 1.25 bits per heavy atom. The molecule has 0 saturated heterocycles. The number of hydrogen-bond acceptors (Lipinski definition) is 2. The topological polar surface area (TPSA) is 20.2 Å². The van der Waals surface area contributed by atoms with Crippen LogP contribution in [0.3, 0.4) is 0 Å². The van der Waals surface area contributed by atoms with Crippen molar-refractivity contribution in [2.24, 2.45) is 0 Å². The second-order valence-electron chi connectivity index (χ2n) is 3.20. The van der Waals surface area contributed by atoms with E-state index in [-0.39, 0.29) is 0 Å². The van der Waals surface area contributed by atoms with Crippen molar-refractivity contribution in [3.8, 4) is 0 Å². The highest BCUT2D eigenvalue weighted by Crippen LogP contribution is 2.35. The smallest absolute Gasteiger partial charge is 0.115 e. The van der Waals surface area contributed by atoms with Crippen molar-refractivity contribution in [3.05, 3.63) is 52.6 Å². The zero-order valence-corrected chi connectivity index (χ0v) is 14.1. The molecule has 0 aliphatic rings. The minimum Gasteiger partial charge on any atom is -0.383 e. The van der Waals surface area contributed by atoms with Crippen molar-refractivity contribution < 1.29 is 5.11 Å². The van der Waals surface area contributed by atoms with Gasteiger partial charge in [-0.2, -0.15) is 0 Å². The van der Waals surface area contributed by atoms with Crippen LogP contribution in [0.15, 0.2) is 38.6 Å². The van der Waals surface area contributed by atoms with E-state index in [0.717, 1.165) is 23.0 Å². The molecule has 1 unspecified atom stereocenters. The molecule has 16 heavy (non-hydrogen) atoms. The van der Waals surface area contributed by atoms with Crippen molar-refractivity contribution >= 4 is 65.8 Å². The number of aliphatic hydroxyl groups is 1. The zero-order valence-electron chi connectivity index (χ0n) is 7.95. The fraction of sp³-hybridized carbons (Fsp3) is 0.0909. The number of benzene rings is 1. The summed E-state index contributed by atoms with van der Waals surface area (Å²) in [4.78, 5) is 0.941. The van der Waals surface area contributed by atoms with Gasteiger partial charge in [-0.25, -0.2) is 0 Å². The first kappa shape index (κ1) is 13.0. The second kappa shape index (κ2) is 5.48. The van der Waals surface area contributed by atoms with Crippen LogP contribution in [0.1, 0.15) is 16.5 Å². The van der Waals surface area contributed by atoms with Crippen LogP contribution < -0.4 is 0 Å². The second-order valence-corrected chi connectivity index (χ2v) is 7.08. The van der Waals surface area contributed by atoms with Crippen LogP contribution in [0.2, 0.25) is 0 Å². The highest BCUT2D eigenvalue weighted by molar-refractivity contribution is 14.1. The van der Waals surface area contributed by atoms with Gasteiger partial charge in [0.15, 0.2) is 0 Å². The lowest BCUT2D eigenvalue weighted by molar-refractivity contribution is 0.222. The number of rotatable bonds is 2. The lowest BCUT2D eigenvalue weighted by atomic mass is 10.1. The molecule has 0 amide bonds. The third-order valence-electron chi connectivity index (χ3n) is 2.15. The molecule has 1 nitrogen and oxygen atoms in total. The Balaban J connectivity index is 2.45. The Bertz CT molecular complexity index is 512. The van der Waals surface area contributed by atoms with E-state index in [1.807, 2.05) is 29.6 Å². The Labute approximate surface area is 128 Å². The van der Waals surface area contributed by atoms with Crippen molar-refractivity contribution in [2.45, 2.75) is 6.10 Å². The third-order valence-corrected chi connectivity index (χ3v) is 5.54. The van der Waals surface area contributed by atoms with Crippen molar-refractivity contribution in [3.63, 3.8) is 0 Å². The van der Waals surface area contributed by atoms with Crippen molar-refractivity contribution in [2.75, 3.05) is 0 Å². The van der Waals surface area contributed by atoms with E-state index >= 15 is 0 Å². The van der Waals surface area contributed by atoms with Gasteiger partial charge in [0.2, 0.25) is 0 Å². The molecule has 1 aromatic heterocycles. The summed E-state index contributed by atoms with van der Waals surface area (Å²) >= 11 is 10.7. The molecule has 1 heterocycles. The zero-order chi connectivity index (χ0) is 11.7. The van der Waals surface area contributed by atoms with E-state index < -0.39 is 6.10 Å². The minimum atomic E-state index is -0.571. The predicted octanol–water partition coefficient (Wildman–Crippen LogP) is 4.96. The number of aliphatic hydroxyl groups excluding tert-OH is 1. The molecule has 0 fully saturated rings. The van der Waals surface area contributed by atoms with E-state index in [1.165, 1.54) is 0 Å². The van der Waals surface area contributed by atoms with E-state index in [9.17, 15) is 5.11 Å². The van der Waals surface area contributed by atoms with Gasteiger partial charge in [0, 0.05) is 18.1 Å². The molecule has 0 radical (unpaired) electrons. The summed E-state index contributed by atoms with van der Waals surface area (Å²) in [5, 5.41) is 12.3. The van der Waals surface area contributed by atoms with Gasteiger partial charge in [0.05, 0.1) is 4.88 Å². The van der Waals surface area contributed by atoms with E-state index in [0.29, 0.717) is 0 Å². The maximum atomic E-state index is 10.3. The number of thiophene rings is 1. The number of hydrogen-bond donors (Lipinski definition) is 1. The Morgan fingerprint density at radius 3 is 2.62 bits per heavy atom. The van der Waals surface area contributed by atoms with Gasteiger partial charge < -0.3 is 5.11 Å². The molecule has 2 rings (SSSR count). The largest absolute Gasteiger partial charge is 0.383 e. The van der Waals surface area contributed by atoms with Crippen molar-refractivity contribution in [1.82, 2.24) is 0 Å². The van der Waals surface area contributed by atoms with Crippen LogP contribution >= 0.6 is 65.8 Å². The molecule has 0 bridgehead atoms. The van der Waals surface area contributed by atoms with Crippen LogP contribution in [0.4, 0.5) is 0 Å². The summed E-state index contributed by atoms with van der Waals surface area (Å²) in [7, 11) is 0. The summed E-state index contributed by atoms with van der Waals surface area (Å²) in [6.45, 7) is 0. The lowest BCUT2D eigenvalue weighted by Gasteiger charge is -2.12. The van der Waals surface area contributed by atoms with E-state index in [2.05, 4.69) is 54.5 Å². The number of halogens is 3. The fourth-order valence-electron chi connectivity index (χ4n) is 1.37. The fourth-order valence-corrected chi connectivity index (χ4v) is 3.97. The van der Waals surface area contributed by atoms with Gasteiger partial charge in [-0.15, -0.1) is 11.3 Å². The third kappa shape index (κ3) is 2.69. The first-order chi connectivity index (χ1) is 7.59. The summed E-state index contributed by atoms with van der Waals surface area (Å²) in [5.74, 6) is 0. The molecular weight excluding hydrogens is 467 g/mol. The minimum absolute atomic E-state index is 0.571. The lowest BCUT2D eigenvalue weighted by Crippen LogP contribution is -2.00. The van der Waals surface area contributed by atoms with Gasteiger partial charge >= 0.3 is 0 Å². The maximum absolute atomic E-state index is 10.3. The summed E-state index contributed by atoms with van der Waals surface area (Å²) in [5.41, 5.74) is 0.929. The molecule has 0 saturated carbocycles. The summed E-state index contributed by atoms with van der Waals surface area (Å²) in [6.07, 6.45) is -0.571. The highest BCUT2D eigenvalue weighted by atomic mass is 127. The monoisotopic (exact) mass is 472 g/mol. The molecule has 0 aliphatic carbocycles. The molecule has 1 N–H and O–H groups in total. The standard InChI is InChI=1S/C11H7Br2IOS/c12-6-1-2-9(14)7(5-6)10(15)11-8(13)3-4-16-11/h1-5,10,15H. The highest BCUT2D eigenvalue weighted by Gasteiger charge is 2.17. The first-order valence-corrected chi connectivity index (χ1v) is 8.00. The molecule has 1 aromatic carbocycles. The van der Waals surface area contributed by atoms with Gasteiger partial charge in [0.25, 0.3) is 0 Å². The molecule has 0 aliphatic heterocycles. The molecule has 0 spiro atoms. The van der Waals surface area contributed by atoms with Crippen molar-refractivity contribution in [1.29, 1.82) is 0 Å². The van der Waals surface area contributed by atoms with Crippen LogP contribution in [0.25, 0.3) is 0 Å². The van der Waals surface area contributed by atoms with Crippen LogP contribution in [0.5, 0.6) is 0 Å². The predicted molar refractivity (Wildman–Crippen MR) is 82.9 cm³/mol. The Morgan fingerprint density at radius 2 is 2.00 bits per heavy atom. The van der Waals surface area contributed by atoms with Gasteiger partial charge in [-0.05, 0) is 68.2 Å². The normalized spacial score (nSPS) is 12.8. The van der Waals surface area contributed by atoms with E-state index in [4.69, 9.17) is 0 Å². The summed E-state index contributed by atoms with van der Waals surface area (Å²) < 4.78 is 3.00. The van der Waals surface area contributed by atoms with E-state index in [1.54, 1.807) is 11.3 Å². The Hall–Kier alpha value is 0.570. The quantitative estimate of drug-likeness (QED) is 0.611.